The minimum atomic E-state index is -0.863. The first kappa shape index (κ1) is 25.1. The standard InChI is InChI=1S/C24H28Cl2N4O3/c1-24(2,3)11-18(23(33)28-15(12-27)9-13-5-4-6-19(13)31)30-22(32)17-10-14-7-8-16(25)20(26)21(14)29-17/h7-8,10,13,15,18,29H,4-6,9,11H2,1-3H3,(H,28,33)(H,30,32)/t13-,15-,18-/m0/s1. The number of amides is 2. The number of nitrogens with one attached hydrogen (secondary N) is 3. The molecule has 3 atom stereocenters. The Morgan fingerprint density at radius 2 is 2.00 bits per heavy atom. The van der Waals surface area contributed by atoms with Gasteiger partial charge in [-0.05, 0) is 43.2 Å². The Morgan fingerprint density at radius 3 is 2.61 bits per heavy atom. The largest absolute Gasteiger partial charge is 0.349 e. The van der Waals surface area contributed by atoms with E-state index in [4.69, 9.17) is 23.2 Å². The van der Waals surface area contributed by atoms with Gasteiger partial charge >= 0.3 is 0 Å². The molecule has 3 rings (SSSR count). The number of aromatic amines is 1. The molecule has 176 valence electrons. The molecular weight excluding hydrogens is 463 g/mol. The molecule has 0 radical (unpaired) electrons. The van der Waals surface area contributed by atoms with E-state index in [0.29, 0.717) is 34.8 Å². The minimum Gasteiger partial charge on any atom is -0.349 e. The Balaban J connectivity index is 1.75. The third-order valence-corrected chi connectivity index (χ3v) is 6.60. The molecule has 1 aromatic carbocycles. The molecule has 0 bridgehead atoms. The summed E-state index contributed by atoms with van der Waals surface area (Å²) in [5.41, 5.74) is 0.516. The van der Waals surface area contributed by atoms with Crippen molar-refractivity contribution < 1.29 is 14.4 Å². The Morgan fingerprint density at radius 1 is 1.27 bits per heavy atom. The number of hydrogen-bond donors (Lipinski definition) is 3. The number of nitriles is 1. The number of H-pyrrole nitrogens is 1. The first-order chi connectivity index (χ1) is 15.5. The zero-order valence-electron chi connectivity index (χ0n) is 18.9. The zero-order chi connectivity index (χ0) is 24.3. The average Bonchev–Trinajstić information content (AvgIpc) is 3.35. The van der Waals surface area contributed by atoms with Crippen LogP contribution in [0.25, 0.3) is 10.9 Å². The van der Waals surface area contributed by atoms with E-state index in [0.717, 1.165) is 18.2 Å². The highest BCUT2D eigenvalue weighted by Gasteiger charge is 2.32. The second kappa shape index (κ2) is 10.1. The van der Waals surface area contributed by atoms with Gasteiger partial charge in [-0.2, -0.15) is 5.26 Å². The van der Waals surface area contributed by atoms with E-state index < -0.39 is 23.9 Å². The summed E-state index contributed by atoms with van der Waals surface area (Å²) in [6.07, 6.45) is 2.73. The molecule has 2 aromatic rings. The molecule has 7 nitrogen and oxygen atoms in total. The van der Waals surface area contributed by atoms with Gasteiger partial charge in [-0.3, -0.25) is 14.4 Å². The molecule has 9 heteroatoms. The van der Waals surface area contributed by atoms with Crippen LogP contribution in [0.5, 0.6) is 0 Å². The smallest absolute Gasteiger partial charge is 0.268 e. The molecule has 1 aliphatic carbocycles. The molecular formula is C24H28Cl2N4O3. The van der Waals surface area contributed by atoms with Crippen molar-refractivity contribution in [1.82, 2.24) is 15.6 Å². The zero-order valence-corrected chi connectivity index (χ0v) is 20.4. The van der Waals surface area contributed by atoms with Crippen LogP contribution >= 0.6 is 23.2 Å². The van der Waals surface area contributed by atoms with Gasteiger partial charge in [0.1, 0.15) is 23.6 Å². The average molecular weight is 491 g/mol. The quantitative estimate of drug-likeness (QED) is 0.517. The summed E-state index contributed by atoms with van der Waals surface area (Å²) in [7, 11) is 0. The number of ketones is 1. The molecule has 1 aliphatic rings. The van der Waals surface area contributed by atoms with Crippen molar-refractivity contribution in [2.75, 3.05) is 0 Å². The third-order valence-electron chi connectivity index (χ3n) is 5.79. The second-order valence-electron chi connectivity index (χ2n) is 9.78. The topological polar surface area (TPSA) is 115 Å². The second-order valence-corrected chi connectivity index (χ2v) is 10.6. The number of benzene rings is 1. The SMILES string of the molecule is CC(C)(C)C[C@H](NC(=O)c1cc2ccc(Cl)c(Cl)c2[nH]1)C(=O)N[C@H](C#N)C[C@@H]1CCCC1=O. The van der Waals surface area contributed by atoms with Crippen LogP contribution in [-0.2, 0) is 9.59 Å². The van der Waals surface area contributed by atoms with E-state index in [9.17, 15) is 19.6 Å². The molecule has 2 amide bonds. The van der Waals surface area contributed by atoms with Crippen LogP contribution in [-0.4, -0.2) is 34.7 Å². The van der Waals surface area contributed by atoms with Gasteiger partial charge in [0.05, 0.1) is 21.6 Å². The monoisotopic (exact) mass is 490 g/mol. The molecule has 0 spiro atoms. The highest BCUT2D eigenvalue weighted by Crippen LogP contribution is 2.31. The molecule has 0 aliphatic heterocycles. The lowest BCUT2D eigenvalue weighted by molar-refractivity contribution is -0.125. The van der Waals surface area contributed by atoms with Crippen molar-refractivity contribution in [3.63, 3.8) is 0 Å². The van der Waals surface area contributed by atoms with Gasteiger partial charge in [-0.1, -0.05) is 50.0 Å². The minimum absolute atomic E-state index is 0.140. The molecule has 1 fully saturated rings. The van der Waals surface area contributed by atoms with Crippen LogP contribution in [0.15, 0.2) is 18.2 Å². The maximum atomic E-state index is 13.1. The summed E-state index contributed by atoms with van der Waals surface area (Å²) in [5, 5.41) is 16.4. The number of carbonyl (C=O) groups excluding carboxylic acids is 3. The fourth-order valence-corrected chi connectivity index (χ4v) is 4.53. The van der Waals surface area contributed by atoms with Crippen LogP contribution in [0.3, 0.4) is 0 Å². The van der Waals surface area contributed by atoms with Gasteiger partial charge in [0.25, 0.3) is 5.91 Å². The van der Waals surface area contributed by atoms with E-state index in [1.54, 1.807) is 18.2 Å². The van der Waals surface area contributed by atoms with Gasteiger partial charge in [0.2, 0.25) is 5.91 Å². The predicted octanol–water partition coefficient (Wildman–Crippen LogP) is 4.78. The summed E-state index contributed by atoms with van der Waals surface area (Å²) in [6, 6.07) is 5.46. The van der Waals surface area contributed by atoms with Gasteiger partial charge in [0, 0.05) is 17.7 Å². The van der Waals surface area contributed by atoms with E-state index in [-0.39, 0.29) is 22.8 Å². The Labute approximate surface area is 203 Å². The lowest BCUT2D eigenvalue weighted by atomic mass is 9.87. The van der Waals surface area contributed by atoms with Crippen molar-refractivity contribution in [2.24, 2.45) is 11.3 Å². The Kier molecular flexibility index (Phi) is 7.71. The number of halogens is 2. The first-order valence-corrected chi connectivity index (χ1v) is 11.7. The maximum Gasteiger partial charge on any atom is 0.268 e. The maximum absolute atomic E-state index is 13.1. The molecule has 1 heterocycles. The number of aromatic nitrogens is 1. The summed E-state index contributed by atoms with van der Waals surface area (Å²) in [4.78, 5) is 41.0. The van der Waals surface area contributed by atoms with Crippen LogP contribution in [0, 0.1) is 22.7 Å². The first-order valence-electron chi connectivity index (χ1n) is 11.0. The Bertz CT molecular complexity index is 1110. The van der Waals surface area contributed by atoms with E-state index in [2.05, 4.69) is 21.7 Å². The number of hydrogen-bond acceptors (Lipinski definition) is 4. The van der Waals surface area contributed by atoms with E-state index >= 15 is 0 Å². The van der Waals surface area contributed by atoms with Crippen LogP contribution in [0.4, 0.5) is 0 Å². The van der Waals surface area contributed by atoms with Crippen molar-refractivity contribution >= 4 is 51.7 Å². The Hall–Kier alpha value is -2.56. The van der Waals surface area contributed by atoms with Crippen molar-refractivity contribution in [1.29, 1.82) is 5.26 Å². The molecule has 1 saturated carbocycles. The number of Topliss-reactive ketones (excluding diaryl/α,β-unsaturated/α-hetero) is 1. The fraction of sp³-hybridized carbons (Fsp3) is 0.500. The van der Waals surface area contributed by atoms with Crippen molar-refractivity contribution in [3.05, 3.63) is 33.9 Å². The van der Waals surface area contributed by atoms with E-state index in [1.807, 2.05) is 20.8 Å². The van der Waals surface area contributed by atoms with E-state index in [1.165, 1.54) is 0 Å². The summed E-state index contributed by atoms with van der Waals surface area (Å²) in [6.45, 7) is 5.88. The molecule has 33 heavy (non-hydrogen) atoms. The summed E-state index contributed by atoms with van der Waals surface area (Å²) < 4.78 is 0. The van der Waals surface area contributed by atoms with Crippen molar-refractivity contribution in [3.8, 4) is 6.07 Å². The van der Waals surface area contributed by atoms with Gasteiger partial charge in [0.15, 0.2) is 0 Å². The predicted molar refractivity (Wildman–Crippen MR) is 128 cm³/mol. The molecule has 0 saturated heterocycles. The number of fused-ring (bicyclic) bond motifs is 1. The van der Waals surface area contributed by atoms with Gasteiger partial charge in [-0.15, -0.1) is 0 Å². The highest BCUT2D eigenvalue weighted by molar-refractivity contribution is 6.45. The lowest BCUT2D eigenvalue weighted by Gasteiger charge is -2.27. The van der Waals surface area contributed by atoms with Crippen molar-refractivity contribution in [2.45, 2.75) is 65.0 Å². The van der Waals surface area contributed by atoms with Crippen LogP contribution in [0.2, 0.25) is 10.0 Å². The van der Waals surface area contributed by atoms with Crippen LogP contribution < -0.4 is 10.6 Å². The molecule has 3 N–H and O–H groups in total. The number of rotatable bonds is 7. The molecule has 1 aromatic heterocycles. The van der Waals surface area contributed by atoms with Gasteiger partial charge < -0.3 is 15.6 Å². The highest BCUT2D eigenvalue weighted by atomic mass is 35.5. The van der Waals surface area contributed by atoms with Crippen LogP contribution in [0.1, 0.15) is 63.4 Å². The van der Waals surface area contributed by atoms with Gasteiger partial charge in [-0.25, -0.2) is 0 Å². The molecule has 0 unspecified atom stereocenters. The normalized spacial score (nSPS) is 18.1. The fourth-order valence-electron chi connectivity index (χ4n) is 4.16. The number of nitrogens with zero attached hydrogens (tertiary/aromatic N) is 1. The summed E-state index contributed by atoms with van der Waals surface area (Å²) in [5.74, 6) is -0.982. The lowest BCUT2D eigenvalue weighted by Crippen LogP contribution is -2.51. The summed E-state index contributed by atoms with van der Waals surface area (Å²) >= 11 is 12.3. The number of carbonyl (C=O) groups is 3. The third kappa shape index (κ3) is 6.27.